The third kappa shape index (κ3) is 4.39. The summed E-state index contributed by atoms with van der Waals surface area (Å²) in [7, 11) is 0. The molecule has 120 valence electrons. The van der Waals surface area contributed by atoms with Crippen LogP contribution in [0.1, 0.15) is 21.8 Å². The predicted octanol–water partition coefficient (Wildman–Crippen LogP) is 4.35. The molecule has 0 aliphatic heterocycles. The van der Waals surface area contributed by atoms with Crippen molar-refractivity contribution in [2.24, 2.45) is 0 Å². The fraction of sp³-hybridized carbons (Fsp3) is 0.0556. The van der Waals surface area contributed by atoms with Gasteiger partial charge < -0.3 is 4.42 Å². The lowest BCUT2D eigenvalue weighted by Gasteiger charge is -1.98. The molecule has 0 saturated carbocycles. The van der Waals surface area contributed by atoms with Crippen LogP contribution in [-0.4, -0.2) is 21.7 Å². The number of ketones is 1. The first-order chi connectivity index (χ1) is 11.7. The van der Waals surface area contributed by atoms with E-state index in [0.717, 1.165) is 17.3 Å². The van der Waals surface area contributed by atoms with Crippen LogP contribution in [0.5, 0.6) is 0 Å². The van der Waals surface area contributed by atoms with E-state index in [1.807, 2.05) is 36.4 Å². The number of Topliss-reactive ketones (excluding diaryl/α,β-unsaturated/α-hetero) is 1. The Morgan fingerprint density at radius 3 is 2.54 bits per heavy atom. The van der Waals surface area contributed by atoms with Crippen molar-refractivity contribution in [3.8, 4) is 0 Å². The largest absolute Gasteiger partial charge is 0.412 e. The zero-order valence-electron chi connectivity index (χ0n) is 12.6. The molecule has 0 atom stereocenters. The molecule has 24 heavy (non-hydrogen) atoms. The maximum absolute atomic E-state index is 12.8. The number of nitrogens with zero attached hydrogens (tertiary/aromatic N) is 2. The number of rotatable bonds is 6. The Morgan fingerprint density at radius 1 is 1.04 bits per heavy atom. The van der Waals surface area contributed by atoms with Crippen LogP contribution in [0.2, 0.25) is 0 Å². The van der Waals surface area contributed by atoms with Crippen LogP contribution < -0.4 is 0 Å². The highest BCUT2D eigenvalue weighted by molar-refractivity contribution is 7.99. The number of hydrogen-bond donors (Lipinski definition) is 0. The summed E-state index contributed by atoms with van der Waals surface area (Å²) in [6.45, 7) is 0. The summed E-state index contributed by atoms with van der Waals surface area (Å²) in [5, 5.41) is 8.12. The highest BCUT2D eigenvalue weighted by Crippen LogP contribution is 2.19. The van der Waals surface area contributed by atoms with Crippen LogP contribution in [0.15, 0.2) is 64.2 Å². The maximum Gasteiger partial charge on any atom is 0.277 e. The maximum atomic E-state index is 12.8. The first-order valence-corrected chi connectivity index (χ1v) is 8.17. The molecule has 0 spiro atoms. The fourth-order valence-electron chi connectivity index (χ4n) is 1.92. The SMILES string of the molecule is O=C(CSc1nnc(C=Cc2ccccc2)o1)c1ccc(F)cc1. The second-order valence-corrected chi connectivity index (χ2v) is 5.80. The summed E-state index contributed by atoms with van der Waals surface area (Å²) in [6.07, 6.45) is 3.58. The van der Waals surface area contributed by atoms with Crippen LogP contribution >= 0.6 is 11.8 Å². The van der Waals surface area contributed by atoms with Gasteiger partial charge in [0.1, 0.15) is 5.82 Å². The molecule has 0 saturated heterocycles. The summed E-state index contributed by atoms with van der Waals surface area (Å²) < 4.78 is 18.3. The molecule has 4 nitrogen and oxygen atoms in total. The Morgan fingerprint density at radius 2 is 1.79 bits per heavy atom. The van der Waals surface area contributed by atoms with Crippen molar-refractivity contribution in [1.82, 2.24) is 10.2 Å². The number of halogens is 1. The van der Waals surface area contributed by atoms with E-state index in [0.29, 0.717) is 16.7 Å². The van der Waals surface area contributed by atoms with E-state index in [-0.39, 0.29) is 17.4 Å². The number of benzene rings is 2. The van der Waals surface area contributed by atoms with Gasteiger partial charge in [0.05, 0.1) is 5.75 Å². The van der Waals surface area contributed by atoms with Gasteiger partial charge in [-0.15, -0.1) is 10.2 Å². The molecule has 0 radical (unpaired) electrons. The van der Waals surface area contributed by atoms with Gasteiger partial charge in [0.25, 0.3) is 5.22 Å². The second-order valence-electron chi connectivity index (χ2n) is 4.87. The van der Waals surface area contributed by atoms with Crippen molar-refractivity contribution in [2.45, 2.75) is 5.22 Å². The van der Waals surface area contributed by atoms with Gasteiger partial charge in [0.15, 0.2) is 5.78 Å². The molecule has 0 N–H and O–H groups in total. The third-order valence-corrected chi connectivity index (χ3v) is 3.95. The lowest BCUT2D eigenvalue weighted by molar-refractivity contribution is 0.102. The van der Waals surface area contributed by atoms with Crippen LogP contribution in [0, 0.1) is 5.82 Å². The molecule has 0 fully saturated rings. The first-order valence-electron chi connectivity index (χ1n) is 7.19. The summed E-state index contributed by atoms with van der Waals surface area (Å²) in [5.74, 6) is 0.0245. The predicted molar refractivity (Wildman–Crippen MR) is 91.1 cm³/mol. The highest BCUT2D eigenvalue weighted by atomic mass is 32.2. The van der Waals surface area contributed by atoms with E-state index >= 15 is 0 Å². The van der Waals surface area contributed by atoms with Gasteiger partial charge in [0, 0.05) is 11.6 Å². The Labute approximate surface area is 142 Å². The summed E-state index contributed by atoms with van der Waals surface area (Å²) >= 11 is 1.15. The number of thioether (sulfide) groups is 1. The van der Waals surface area contributed by atoms with E-state index in [9.17, 15) is 9.18 Å². The molecule has 0 aliphatic carbocycles. The minimum absolute atomic E-state index is 0.125. The molecule has 0 aliphatic rings. The number of aromatic nitrogens is 2. The standard InChI is InChI=1S/C18H13FN2O2S/c19-15-9-7-14(8-10-15)16(22)12-24-18-21-20-17(23-18)11-6-13-4-2-1-3-5-13/h1-11H,12H2. The number of hydrogen-bond acceptors (Lipinski definition) is 5. The van der Waals surface area contributed by atoms with Gasteiger partial charge in [-0.1, -0.05) is 42.1 Å². The van der Waals surface area contributed by atoms with Gasteiger partial charge in [-0.25, -0.2) is 4.39 Å². The van der Waals surface area contributed by atoms with E-state index in [2.05, 4.69) is 10.2 Å². The fourth-order valence-corrected chi connectivity index (χ4v) is 2.59. The van der Waals surface area contributed by atoms with Crippen molar-refractivity contribution in [2.75, 3.05) is 5.75 Å². The normalized spacial score (nSPS) is 11.0. The van der Waals surface area contributed by atoms with E-state index < -0.39 is 0 Å². The van der Waals surface area contributed by atoms with Crippen LogP contribution in [0.25, 0.3) is 12.2 Å². The average molecular weight is 340 g/mol. The zero-order valence-corrected chi connectivity index (χ0v) is 13.4. The van der Waals surface area contributed by atoms with Gasteiger partial charge in [-0.3, -0.25) is 4.79 Å². The molecule has 0 unspecified atom stereocenters. The van der Waals surface area contributed by atoms with Gasteiger partial charge >= 0.3 is 0 Å². The van der Waals surface area contributed by atoms with Crippen molar-refractivity contribution >= 4 is 29.7 Å². The molecular formula is C18H13FN2O2S. The van der Waals surface area contributed by atoms with Crippen LogP contribution in [0.4, 0.5) is 4.39 Å². The molecule has 0 amide bonds. The van der Waals surface area contributed by atoms with Gasteiger partial charge in [0.2, 0.25) is 5.89 Å². The highest BCUT2D eigenvalue weighted by Gasteiger charge is 2.10. The smallest absolute Gasteiger partial charge is 0.277 e. The first kappa shape index (κ1) is 16.1. The quantitative estimate of drug-likeness (QED) is 0.493. The Kier molecular flexibility index (Phi) is 5.18. The molecule has 0 bridgehead atoms. The molecule has 1 heterocycles. The summed E-state index contributed by atoms with van der Waals surface area (Å²) in [4.78, 5) is 12.0. The Balaban J connectivity index is 1.57. The van der Waals surface area contributed by atoms with Crippen LogP contribution in [0.3, 0.4) is 0 Å². The average Bonchev–Trinajstić information content (AvgIpc) is 3.07. The topological polar surface area (TPSA) is 56.0 Å². The monoisotopic (exact) mass is 340 g/mol. The molecule has 1 aromatic heterocycles. The summed E-state index contributed by atoms with van der Waals surface area (Å²) in [5.41, 5.74) is 1.48. The van der Waals surface area contributed by atoms with Gasteiger partial charge in [-0.05, 0) is 35.9 Å². The van der Waals surface area contributed by atoms with Crippen molar-refractivity contribution in [1.29, 1.82) is 0 Å². The zero-order chi connectivity index (χ0) is 16.8. The van der Waals surface area contributed by atoms with E-state index in [4.69, 9.17) is 4.42 Å². The van der Waals surface area contributed by atoms with Crippen molar-refractivity contribution in [3.63, 3.8) is 0 Å². The minimum Gasteiger partial charge on any atom is -0.412 e. The number of carbonyl (C=O) groups excluding carboxylic acids is 1. The molecule has 6 heteroatoms. The lowest BCUT2D eigenvalue weighted by Crippen LogP contribution is -2.02. The molecule has 2 aromatic carbocycles. The molecule has 3 rings (SSSR count). The van der Waals surface area contributed by atoms with Gasteiger partial charge in [-0.2, -0.15) is 0 Å². The second kappa shape index (κ2) is 7.70. The minimum atomic E-state index is -0.369. The van der Waals surface area contributed by atoms with Crippen molar-refractivity contribution < 1.29 is 13.6 Å². The lowest BCUT2D eigenvalue weighted by atomic mass is 10.1. The molecular weight excluding hydrogens is 327 g/mol. The Hall–Kier alpha value is -2.73. The van der Waals surface area contributed by atoms with E-state index in [1.54, 1.807) is 6.08 Å². The van der Waals surface area contributed by atoms with E-state index in [1.165, 1.54) is 24.3 Å². The van der Waals surface area contributed by atoms with Crippen molar-refractivity contribution in [3.05, 3.63) is 77.4 Å². The van der Waals surface area contributed by atoms with Crippen LogP contribution in [-0.2, 0) is 0 Å². The Bertz CT molecular complexity index is 845. The molecule has 3 aromatic rings. The number of carbonyl (C=O) groups is 1. The summed E-state index contributed by atoms with van der Waals surface area (Å²) in [6, 6.07) is 15.2. The third-order valence-electron chi connectivity index (χ3n) is 3.13.